The number of hydrogen-bond acceptors (Lipinski definition) is 6. The van der Waals surface area contributed by atoms with Crippen molar-refractivity contribution >= 4 is 22.8 Å². The maximum absolute atomic E-state index is 13.4. The van der Waals surface area contributed by atoms with Crippen molar-refractivity contribution in [1.29, 1.82) is 0 Å². The molecular formula is C24H23N3O5. The predicted molar refractivity (Wildman–Crippen MR) is 117 cm³/mol. The first-order chi connectivity index (χ1) is 15.3. The van der Waals surface area contributed by atoms with Gasteiger partial charge in [0.1, 0.15) is 6.61 Å². The molecule has 0 saturated heterocycles. The number of cyclic esters (lactones) is 1. The van der Waals surface area contributed by atoms with Gasteiger partial charge in [0.25, 0.3) is 5.56 Å². The van der Waals surface area contributed by atoms with Crippen LogP contribution in [0.15, 0.2) is 35.1 Å². The van der Waals surface area contributed by atoms with E-state index in [9.17, 15) is 19.5 Å². The fourth-order valence-corrected chi connectivity index (χ4v) is 4.93. The van der Waals surface area contributed by atoms with Gasteiger partial charge in [0.05, 0.1) is 35.1 Å². The number of rotatable bonds is 3. The molecule has 2 atom stereocenters. The number of nitrogens with zero attached hydrogens (tertiary/aromatic N) is 2. The molecular weight excluding hydrogens is 410 g/mol. The summed E-state index contributed by atoms with van der Waals surface area (Å²) in [5.74, 6) is -0.902. The van der Waals surface area contributed by atoms with Crippen LogP contribution in [0.2, 0.25) is 0 Å². The minimum atomic E-state index is -1.87. The summed E-state index contributed by atoms with van der Waals surface area (Å²) in [4.78, 5) is 42.4. The van der Waals surface area contributed by atoms with Crippen LogP contribution in [0.4, 0.5) is 0 Å². The average molecular weight is 433 g/mol. The lowest BCUT2D eigenvalue weighted by molar-refractivity contribution is -0.172. The van der Waals surface area contributed by atoms with Crippen LogP contribution in [-0.4, -0.2) is 26.5 Å². The standard InChI is InChI=1S/C24H23N3O5/c1-4-24(31)17-9-19-21-15(10-27(19)22(29)16(17)11-32-23(24)30)20(12(2)25-13(3)28)14-7-5-6-8-18(14)26-21/h5-9,12,31H,4,10-11H2,1-3H3,(H,25,28)/t12-,24+/m1/s1. The van der Waals surface area contributed by atoms with Gasteiger partial charge in [0.15, 0.2) is 5.60 Å². The fraction of sp³-hybridized carbons (Fsp3) is 0.333. The summed E-state index contributed by atoms with van der Waals surface area (Å²) >= 11 is 0. The van der Waals surface area contributed by atoms with Gasteiger partial charge in [-0.05, 0) is 31.0 Å². The van der Waals surface area contributed by atoms with E-state index in [0.29, 0.717) is 11.4 Å². The highest BCUT2D eigenvalue weighted by Gasteiger charge is 2.45. The number of esters is 1. The second kappa shape index (κ2) is 7.00. The Balaban J connectivity index is 1.81. The van der Waals surface area contributed by atoms with Crippen LogP contribution >= 0.6 is 0 Å². The van der Waals surface area contributed by atoms with Crippen molar-refractivity contribution in [1.82, 2.24) is 14.9 Å². The fourth-order valence-electron chi connectivity index (χ4n) is 4.93. The number of hydrogen-bond donors (Lipinski definition) is 2. The number of nitrogens with one attached hydrogen (secondary N) is 1. The molecule has 8 nitrogen and oxygen atoms in total. The molecule has 2 N–H and O–H groups in total. The molecule has 2 aliphatic heterocycles. The molecule has 0 saturated carbocycles. The van der Waals surface area contributed by atoms with Crippen LogP contribution in [-0.2, 0) is 33.1 Å². The summed E-state index contributed by atoms with van der Waals surface area (Å²) in [5.41, 5.74) is 2.04. The number of fused-ring (bicyclic) bond motifs is 5. The summed E-state index contributed by atoms with van der Waals surface area (Å²) in [6.45, 7) is 5.16. The van der Waals surface area contributed by atoms with Crippen LogP contribution in [0.1, 0.15) is 55.5 Å². The van der Waals surface area contributed by atoms with Crippen molar-refractivity contribution in [2.24, 2.45) is 0 Å². The average Bonchev–Trinajstić information content (AvgIpc) is 3.13. The van der Waals surface area contributed by atoms with Crippen LogP contribution in [0, 0.1) is 0 Å². The van der Waals surface area contributed by atoms with Crippen molar-refractivity contribution in [3.63, 3.8) is 0 Å². The molecule has 0 fully saturated rings. The molecule has 0 bridgehead atoms. The van der Waals surface area contributed by atoms with E-state index in [2.05, 4.69) is 5.32 Å². The number of ether oxygens (including phenoxy) is 1. The Morgan fingerprint density at radius 1 is 1.31 bits per heavy atom. The van der Waals surface area contributed by atoms with E-state index in [4.69, 9.17) is 9.72 Å². The Morgan fingerprint density at radius 3 is 2.78 bits per heavy atom. The lowest BCUT2D eigenvalue weighted by Gasteiger charge is -2.31. The van der Waals surface area contributed by atoms with Gasteiger partial charge >= 0.3 is 5.97 Å². The van der Waals surface area contributed by atoms with Gasteiger partial charge in [0, 0.05) is 23.4 Å². The Hall–Kier alpha value is -3.52. The van der Waals surface area contributed by atoms with Crippen molar-refractivity contribution in [2.45, 2.75) is 52.0 Å². The Labute approximate surface area is 183 Å². The monoisotopic (exact) mass is 433 g/mol. The highest BCUT2D eigenvalue weighted by Crippen LogP contribution is 2.41. The number of carbonyl (C=O) groups is 2. The van der Waals surface area contributed by atoms with E-state index in [1.165, 1.54) is 6.92 Å². The lowest BCUT2D eigenvalue weighted by Crippen LogP contribution is -2.44. The van der Waals surface area contributed by atoms with Crippen molar-refractivity contribution in [2.75, 3.05) is 0 Å². The molecule has 5 rings (SSSR count). The SMILES string of the molecule is CC[C@@]1(O)C(=O)OCc2c1cc1n(c2=O)Cc2c-1nc1ccccc1c2[C@@H](C)NC(C)=O. The molecule has 4 heterocycles. The third-order valence-electron chi connectivity index (χ3n) is 6.49. The summed E-state index contributed by atoms with van der Waals surface area (Å²) in [7, 11) is 0. The van der Waals surface area contributed by atoms with E-state index in [1.54, 1.807) is 17.6 Å². The molecule has 2 aromatic heterocycles. The molecule has 164 valence electrons. The maximum Gasteiger partial charge on any atom is 0.343 e. The number of carbonyl (C=O) groups excluding carboxylic acids is 2. The first-order valence-corrected chi connectivity index (χ1v) is 10.6. The zero-order chi connectivity index (χ0) is 22.8. The minimum absolute atomic E-state index is 0.0878. The van der Waals surface area contributed by atoms with Gasteiger partial charge < -0.3 is 19.7 Å². The number of aromatic nitrogens is 2. The van der Waals surface area contributed by atoms with Crippen molar-refractivity contribution in [3.05, 3.63) is 62.9 Å². The molecule has 0 aliphatic carbocycles. The van der Waals surface area contributed by atoms with E-state index >= 15 is 0 Å². The molecule has 0 unspecified atom stereocenters. The van der Waals surface area contributed by atoms with Gasteiger partial charge in [-0.3, -0.25) is 9.59 Å². The summed E-state index contributed by atoms with van der Waals surface area (Å²) in [5, 5.41) is 14.9. The lowest BCUT2D eigenvalue weighted by atomic mass is 9.86. The number of para-hydroxylation sites is 1. The molecule has 2 aliphatic rings. The van der Waals surface area contributed by atoms with Crippen molar-refractivity contribution in [3.8, 4) is 11.4 Å². The Kier molecular flexibility index (Phi) is 4.46. The highest BCUT2D eigenvalue weighted by molar-refractivity contribution is 5.90. The van der Waals surface area contributed by atoms with Gasteiger partial charge in [-0.1, -0.05) is 25.1 Å². The summed E-state index contributed by atoms with van der Waals surface area (Å²) in [6, 6.07) is 9.04. The smallest absolute Gasteiger partial charge is 0.343 e. The summed E-state index contributed by atoms with van der Waals surface area (Å²) in [6.07, 6.45) is 0.0878. The largest absolute Gasteiger partial charge is 0.458 e. The first-order valence-electron chi connectivity index (χ1n) is 10.6. The normalized spacial score (nSPS) is 19.7. The van der Waals surface area contributed by atoms with E-state index in [0.717, 1.165) is 22.0 Å². The number of amides is 1. The van der Waals surface area contributed by atoms with Crippen LogP contribution < -0.4 is 10.9 Å². The topological polar surface area (TPSA) is 111 Å². The highest BCUT2D eigenvalue weighted by atomic mass is 16.6. The quantitative estimate of drug-likeness (QED) is 0.480. The second-order valence-electron chi connectivity index (χ2n) is 8.40. The minimum Gasteiger partial charge on any atom is -0.458 e. The van der Waals surface area contributed by atoms with Crippen LogP contribution in [0.3, 0.4) is 0 Å². The van der Waals surface area contributed by atoms with E-state index in [-0.39, 0.29) is 48.2 Å². The van der Waals surface area contributed by atoms with Gasteiger partial charge in [-0.15, -0.1) is 0 Å². The first kappa shape index (κ1) is 20.4. The molecule has 1 amide bonds. The third kappa shape index (κ3) is 2.72. The molecule has 3 aromatic rings. The molecule has 8 heteroatoms. The van der Waals surface area contributed by atoms with E-state index in [1.807, 2.05) is 31.2 Å². The maximum atomic E-state index is 13.4. The second-order valence-corrected chi connectivity index (χ2v) is 8.40. The number of benzene rings is 1. The summed E-state index contributed by atoms with van der Waals surface area (Å²) < 4.78 is 6.74. The van der Waals surface area contributed by atoms with Gasteiger partial charge in [0.2, 0.25) is 5.91 Å². The van der Waals surface area contributed by atoms with Gasteiger partial charge in [-0.2, -0.15) is 0 Å². The Morgan fingerprint density at radius 2 is 2.06 bits per heavy atom. The molecule has 32 heavy (non-hydrogen) atoms. The Bertz CT molecular complexity index is 1380. The molecule has 0 radical (unpaired) electrons. The molecule has 1 aromatic carbocycles. The predicted octanol–water partition coefficient (Wildman–Crippen LogP) is 2.28. The van der Waals surface area contributed by atoms with Gasteiger partial charge in [-0.25, -0.2) is 9.78 Å². The van der Waals surface area contributed by atoms with E-state index < -0.39 is 11.6 Å². The van der Waals surface area contributed by atoms with Crippen molar-refractivity contribution < 1.29 is 19.4 Å². The molecule has 0 spiro atoms. The van der Waals surface area contributed by atoms with Crippen LogP contribution in [0.25, 0.3) is 22.3 Å². The third-order valence-corrected chi connectivity index (χ3v) is 6.49. The zero-order valence-corrected chi connectivity index (χ0v) is 18.1. The van der Waals surface area contributed by atoms with Crippen LogP contribution in [0.5, 0.6) is 0 Å². The number of aliphatic hydroxyl groups is 1. The zero-order valence-electron chi connectivity index (χ0n) is 18.1. The number of pyridine rings is 2.